The third kappa shape index (κ3) is 4.92. The van der Waals surface area contributed by atoms with Gasteiger partial charge < -0.3 is 0 Å². The normalized spacial score (nSPS) is 16.2. The van der Waals surface area contributed by atoms with E-state index < -0.39 is 49.1 Å². The molecule has 0 aliphatic rings. The second-order valence-corrected chi connectivity index (χ2v) is 8.61. The van der Waals surface area contributed by atoms with Crippen LogP contribution in [0.3, 0.4) is 0 Å². The first-order valence-electron chi connectivity index (χ1n) is 6.60. The molecule has 0 saturated carbocycles. The van der Waals surface area contributed by atoms with E-state index in [2.05, 4.69) is 4.52 Å². The van der Waals surface area contributed by atoms with Crippen molar-refractivity contribution in [2.75, 3.05) is 0 Å². The molecule has 1 aromatic rings. The van der Waals surface area contributed by atoms with Gasteiger partial charge >= 0.3 is 146 Å². The van der Waals surface area contributed by atoms with Crippen molar-refractivity contribution >= 4 is 7.28 Å². The van der Waals surface area contributed by atoms with Crippen LogP contribution < -0.4 is 14.3 Å². The summed E-state index contributed by atoms with van der Waals surface area (Å²) in [6.07, 6.45) is -28.5. The summed E-state index contributed by atoms with van der Waals surface area (Å²) in [6, 6.07) is 2.90. The fourth-order valence-corrected chi connectivity index (χ4v) is 5.53. The Labute approximate surface area is 147 Å². The Balaban J connectivity index is 3.99. The van der Waals surface area contributed by atoms with Crippen molar-refractivity contribution in [3.8, 4) is 5.75 Å². The van der Waals surface area contributed by atoms with Gasteiger partial charge in [-0.1, -0.05) is 0 Å². The van der Waals surface area contributed by atoms with Crippen LogP contribution in [0.25, 0.3) is 0 Å². The topological polar surface area (TPSA) is 55.3 Å². The van der Waals surface area contributed by atoms with Crippen LogP contribution in [0, 0.1) is 0 Å². The molecule has 1 rings (SSSR count). The second-order valence-electron chi connectivity index (χ2n) is 5.38. The molecule has 16 heteroatoms. The molecule has 0 heterocycles. The molecule has 0 fully saturated rings. The van der Waals surface area contributed by atoms with Gasteiger partial charge in [0.15, 0.2) is 0 Å². The van der Waals surface area contributed by atoms with Gasteiger partial charge in [-0.2, -0.15) is 0 Å². The molecule has 0 saturated heterocycles. The van der Waals surface area contributed by atoms with Crippen LogP contribution in [0.1, 0.15) is 0 Å². The number of halogens is 12. The zero-order chi connectivity index (χ0) is 22.4. The Morgan fingerprint density at radius 2 is 0.893 bits per heavy atom. The Hall–Kier alpha value is -1.47. The number of para-hydroxylation sites is 1. The second kappa shape index (κ2) is 6.80. The summed E-state index contributed by atoms with van der Waals surface area (Å²) in [7, 11) is -9.81. The zero-order valence-corrected chi connectivity index (χ0v) is 13.6. The van der Waals surface area contributed by atoms with E-state index in [1.165, 1.54) is 0 Å². The number of alkyl halides is 12. The number of rotatable bonds is 4. The molecule has 0 aliphatic carbocycles. The van der Waals surface area contributed by atoms with Crippen molar-refractivity contribution in [3.05, 3.63) is 30.3 Å². The van der Waals surface area contributed by atoms with E-state index in [0.29, 0.717) is 12.1 Å². The van der Waals surface area contributed by atoms with Crippen molar-refractivity contribution in [1.29, 1.82) is 0 Å². The Morgan fingerprint density at radius 1 is 0.607 bits per heavy atom. The molecule has 0 atom stereocenters. The SMILES string of the molecule is [O-]P([O-])(Oc1ccccc1)(C(C(F)(F)F)C(F)(F)F)C(C(F)(F)F)C(F)(F)F. The predicted octanol–water partition coefficient (Wildman–Crippen LogP) is 4.07. The molecule has 0 aliphatic heterocycles. The molecule has 0 spiro atoms. The molecule has 3 nitrogen and oxygen atoms in total. The monoisotopic (exact) mass is 458 g/mol. The summed E-state index contributed by atoms with van der Waals surface area (Å²) < 4.78 is 158. The zero-order valence-electron chi connectivity index (χ0n) is 12.7. The standard InChI is InChI=1S/C12H7F12O3P/c13-9(14,15)7(10(16,17)18)28(25,26,27-6-4-2-1-3-5-6)8(11(19,20)21)12(22,23)24/h1-5,7-8H/q-2. The summed E-state index contributed by atoms with van der Waals surface area (Å²) in [5.41, 5.74) is -12.2. The van der Waals surface area contributed by atoms with E-state index in [1.54, 1.807) is 0 Å². The van der Waals surface area contributed by atoms with Crippen molar-refractivity contribution in [3.63, 3.8) is 0 Å². The van der Waals surface area contributed by atoms with Gasteiger partial charge in [0.05, 0.1) is 0 Å². The molecule has 0 N–H and O–H groups in total. The predicted molar refractivity (Wildman–Crippen MR) is 65.8 cm³/mol. The van der Waals surface area contributed by atoms with E-state index in [1.807, 2.05) is 0 Å². The van der Waals surface area contributed by atoms with Crippen LogP contribution in [0.4, 0.5) is 52.7 Å². The average molecular weight is 458 g/mol. The molecular formula is C12H7F12O3P-2. The quantitative estimate of drug-likeness (QED) is 0.505. The van der Waals surface area contributed by atoms with Crippen LogP contribution >= 0.6 is 7.28 Å². The van der Waals surface area contributed by atoms with Crippen molar-refractivity contribution in [2.45, 2.75) is 36.0 Å². The van der Waals surface area contributed by atoms with Gasteiger partial charge in [-0.15, -0.1) is 0 Å². The minimum atomic E-state index is -9.81. The van der Waals surface area contributed by atoms with Crippen LogP contribution in [0.2, 0.25) is 0 Å². The summed E-state index contributed by atoms with van der Waals surface area (Å²) in [6.45, 7) is 0. The fourth-order valence-electron chi connectivity index (χ4n) is 2.37. The van der Waals surface area contributed by atoms with Crippen LogP contribution in [0.15, 0.2) is 30.3 Å². The van der Waals surface area contributed by atoms with Gasteiger partial charge in [0.2, 0.25) is 0 Å². The summed E-state index contributed by atoms with van der Waals surface area (Å²) in [4.78, 5) is 24.6. The number of hydrogen-bond donors (Lipinski definition) is 0. The molecule has 0 unspecified atom stereocenters. The van der Waals surface area contributed by atoms with Gasteiger partial charge in [0.1, 0.15) is 0 Å². The molecule has 0 bridgehead atoms. The third-order valence-electron chi connectivity index (χ3n) is 3.20. The van der Waals surface area contributed by atoms with Gasteiger partial charge in [-0.05, 0) is 0 Å². The van der Waals surface area contributed by atoms with Crippen molar-refractivity contribution < 1.29 is 67.0 Å². The molecule has 1 aromatic carbocycles. The molecule has 0 aromatic heterocycles. The van der Waals surface area contributed by atoms with E-state index in [0.717, 1.165) is 6.07 Å². The summed E-state index contributed by atoms with van der Waals surface area (Å²) in [5.74, 6) is -1.61. The first kappa shape index (κ1) is 24.6. The molecule has 0 amide bonds. The molecular weight excluding hydrogens is 451 g/mol. The van der Waals surface area contributed by atoms with Gasteiger partial charge in [0, 0.05) is 0 Å². The Morgan fingerprint density at radius 3 is 1.14 bits per heavy atom. The fraction of sp³-hybridized carbons (Fsp3) is 0.500. The van der Waals surface area contributed by atoms with E-state index in [4.69, 9.17) is 0 Å². The van der Waals surface area contributed by atoms with E-state index >= 15 is 0 Å². The third-order valence-corrected chi connectivity index (χ3v) is 6.80. The Kier molecular flexibility index (Phi) is 5.97. The summed E-state index contributed by atoms with van der Waals surface area (Å²) >= 11 is 0. The van der Waals surface area contributed by atoms with Crippen LogP contribution in [0.5, 0.6) is 5.75 Å². The van der Waals surface area contributed by atoms with Gasteiger partial charge in [-0.25, -0.2) is 0 Å². The average Bonchev–Trinajstić information content (AvgIpc) is 2.29. The maximum absolute atomic E-state index is 12.9. The number of benzene rings is 1. The van der Waals surface area contributed by atoms with Crippen molar-refractivity contribution in [2.24, 2.45) is 0 Å². The van der Waals surface area contributed by atoms with Crippen molar-refractivity contribution in [1.82, 2.24) is 0 Å². The van der Waals surface area contributed by atoms with Crippen LogP contribution in [-0.2, 0) is 0 Å². The maximum atomic E-state index is 12.9. The molecule has 164 valence electrons. The van der Waals surface area contributed by atoms with Gasteiger partial charge in [0.25, 0.3) is 0 Å². The number of hydrogen-bond acceptors (Lipinski definition) is 3. The van der Waals surface area contributed by atoms with Gasteiger partial charge in [-0.3, -0.25) is 0 Å². The van der Waals surface area contributed by atoms with E-state index in [9.17, 15) is 62.5 Å². The summed E-state index contributed by atoms with van der Waals surface area (Å²) in [5, 5.41) is 0. The molecule has 0 radical (unpaired) electrons. The molecule has 28 heavy (non-hydrogen) atoms. The van der Waals surface area contributed by atoms with E-state index in [-0.39, 0.29) is 12.1 Å². The Bertz CT molecular complexity index is 612. The van der Waals surface area contributed by atoms with Crippen LogP contribution in [-0.4, -0.2) is 36.0 Å². The first-order chi connectivity index (χ1) is 12.1. The first-order valence-corrected chi connectivity index (χ1v) is 8.73. The minimum absolute atomic E-state index is 0.269.